The summed E-state index contributed by atoms with van der Waals surface area (Å²) in [6.45, 7) is 5.88. The van der Waals surface area contributed by atoms with Crippen LogP contribution in [0.2, 0.25) is 0 Å². The van der Waals surface area contributed by atoms with Gasteiger partial charge in [0.1, 0.15) is 17.5 Å². The van der Waals surface area contributed by atoms with Crippen LogP contribution in [0.25, 0.3) is 21.3 Å². The monoisotopic (exact) mass is 382 g/mol. The molecule has 0 saturated carbocycles. The number of amides is 1. The normalized spacial score (nSPS) is 11.4. The summed E-state index contributed by atoms with van der Waals surface area (Å²) in [5.74, 6) is 0.481. The molecule has 7 nitrogen and oxygen atoms in total. The van der Waals surface area contributed by atoms with Gasteiger partial charge in [0, 0.05) is 18.5 Å². The predicted octanol–water partition coefficient (Wildman–Crippen LogP) is 3.55. The van der Waals surface area contributed by atoms with Crippen LogP contribution in [0.4, 0.5) is 5.13 Å². The Bertz CT molecular complexity index is 1240. The largest absolute Gasteiger partial charge is 0.443 e. The van der Waals surface area contributed by atoms with Gasteiger partial charge in [-0.25, -0.2) is 9.97 Å². The van der Waals surface area contributed by atoms with Gasteiger partial charge < -0.3 is 9.73 Å². The van der Waals surface area contributed by atoms with Gasteiger partial charge in [-0.3, -0.25) is 14.2 Å². The number of fused-ring (bicyclic) bond motifs is 2. The zero-order valence-electron chi connectivity index (χ0n) is 15.2. The standard InChI is InChI=1S/C19H18N4O3S/c1-10-4-5-13-14(8-10)27-19(21-13)22-15(24)6-7-23-9-20-17-16(18(23)25)11(2)12(3)26-17/h4-5,8-9H,6-7H2,1-3H3,(H,21,22,24). The molecule has 27 heavy (non-hydrogen) atoms. The molecule has 0 bridgehead atoms. The highest BCUT2D eigenvalue weighted by atomic mass is 32.1. The lowest BCUT2D eigenvalue weighted by atomic mass is 10.2. The smallest absolute Gasteiger partial charge is 0.264 e. The van der Waals surface area contributed by atoms with Crippen LogP contribution in [0.1, 0.15) is 23.3 Å². The van der Waals surface area contributed by atoms with Crippen LogP contribution in [0.3, 0.4) is 0 Å². The van der Waals surface area contributed by atoms with E-state index in [1.165, 1.54) is 22.2 Å². The number of rotatable bonds is 4. The van der Waals surface area contributed by atoms with Crippen molar-refractivity contribution in [1.82, 2.24) is 14.5 Å². The molecule has 8 heteroatoms. The van der Waals surface area contributed by atoms with Gasteiger partial charge in [-0.15, -0.1) is 0 Å². The maximum Gasteiger partial charge on any atom is 0.264 e. The van der Waals surface area contributed by atoms with Crippen molar-refractivity contribution in [3.8, 4) is 0 Å². The first-order valence-corrected chi connectivity index (χ1v) is 9.36. The van der Waals surface area contributed by atoms with E-state index < -0.39 is 0 Å². The second-order valence-electron chi connectivity index (χ2n) is 6.49. The maximum absolute atomic E-state index is 12.6. The number of hydrogen-bond donors (Lipinski definition) is 1. The minimum absolute atomic E-state index is 0.151. The minimum Gasteiger partial charge on any atom is -0.443 e. The molecule has 138 valence electrons. The van der Waals surface area contributed by atoms with Crippen LogP contribution in [-0.2, 0) is 11.3 Å². The lowest BCUT2D eigenvalue weighted by Gasteiger charge is -2.05. The summed E-state index contributed by atoms with van der Waals surface area (Å²) >= 11 is 1.43. The maximum atomic E-state index is 12.6. The van der Waals surface area contributed by atoms with E-state index in [1.54, 1.807) is 6.92 Å². The van der Waals surface area contributed by atoms with Gasteiger partial charge in [-0.05, 0) is 38.5 Å². The molecular formula is C19H18N4O3S. The molecule has 0 aliphatic carbocycles. The number of anilines is 1. The van der Waals surface area contributed by atoms with E-state index in [1.807, 2.05) is 32.0 Å². The molecule has 0 spiro atoms. The average Bonchev–Trinajstić information content (AvgIpc) is 3.14. The summed E-state index contributed by atoms with van der Waals surface area (Å²) in [6, 6.07) is 5.97. The van der Waals surface area contributed by atoms with E-state index in [4.69, 9.17) is 4.42 Å². The van der Waals surface area contributed by atoms with E-state index in [0.29, 0.717) is 22.0 Å². The number of nitrogens with zero attached hydrogens (tertiary/aromatic N) is 3. The Morgan fingerprint density at radius 2 is 2.11 bits per heavy atom. The summed E-state index contributed by atoms with van der Waals surface area (Å²) in [7, 11) is 0. The fraction of sp³-hybridized carbons (Fsp3) is 0.263. The number of hydrogen-bond acceptors (Lipinski definition) is 6. The first-order chi connectivity index (χ1) is 12.9. The lowest BCUT2D eigenvalue weighted by molar-refractivity contribution is -0.116. The van der Waals surface area contributed by atoms with Crippen molar-refractivity contribution < 1.29 is 9.21 Å². The Morgan fingerprint density at radius 1 is 1.30 bits per heavy atom. The van der Waals surface area contributed by atoms with Crippen LogP contribution >= 0.6 is 11.3 Å². The number of nitrogens with one attached hydrogen (secondary N) is 1. The van der Waals surface area contributed by atoms with Crippen molar-refractivity contribution in [2.24, 2.45) is 0 Å². The molecule has 1 N–H and O–H groups in total. The number of carbonyl (C=O) groups is 1. The van der Waals surface area contributed by atoms with Gasteiger partial charge in [0.2, 0.25) is 11.6 Å². The summed E-state index contributed by atoms with van der Waals surface area (Å²) in [6.07, 6.45) is 1.57. The van der Waals surface area contributed by atoms with E-state index in [-0.39, 0.29) is 24.4 Å². The molecular weight excluding hydrogens is 364 g/mol. The summed E-state index contributed by atoms with van der Waals surface area (Å²) in [5.41, 5.74) is 2.93. The highest BCUT2D eigenvalue weighted by molar-refractivity contribution is 7.22. The molecule has 0 aliphatic heterocycles. The Morgan fingerprint density at radius 3 is 2.93 bits per heavy atom. The third-order valence-corrected chi connectivity index (χ3v) is 5.46. The van der Waals surface area contributed by atoms with Crippen LogP contribution < -0.4 is 10.9 Å². The van der Waals surface area contributed by atoms with Crippen molar-refractivity contribution in [3.05, 3.63) is 51.8 Å². The van der Waals surface area contributed by atoms with Gasteiger partial charge in [0.25, 0.3) is 5.56 Å². The molecule has 0 unspecified atom stereocenters. The second kappa shape index (κ2) is 6.62. The molecule has 0 fully saturated rings. The number of carbonyl (C=O) groups excluding carboxylic acids is 1. The molecule has 4 rings (SSSR count). The van der Waals surface area contributed by atoms with Crippen molar-refractivity contribution in [3.63, 3.8) is 0 Å². The second-order valence-corrected chi connectivity index (χ2v) is 7.53. The number of benzene rings is 1. The molecule has 1 amide bonds. The quantitative estimate of drug-likeness (QED) is 0.583. The minimum atomic E-state index is -0.197. The van der Waals surface area contributed by atoms with E-state index in [2.05, 4.69) is 15.3 Å². The first-order valence-electron chi connectivity index (χ1n) is 8.54. The first kappa shape index (κ1) is 17.4. The van der Waals surface area contributed by atoms with E-state index in [9.17, 15) is 9.59 Å². The fourth-order valence-electron chi connectivity index (χ4n) is 2.92. The van der Waals surface area contributed by atoms with Crippen molar-refractivity contribution in [2.75, 3.05) is 5.32 Å². The molecule has 1 aromatic carbocycles. The molecule has 0 radical (unpaired) electrons. The average molecular weight is 382 g/mol. The Balaban J connectivity index is 1.48. The third kappa shape index (κ3) is 3.23. The summed E-state index contributed by atoms with van der Waals surface area (Å²) in [4.78, 5) is 33.5. The zero-order chi connectivity index (χ0) is 19.1. The Kier molecular flexibility index (Phi) is 4.27. The van der Waals surface area contributed by atoms with Gasteiger partial charge >= 0.3 is 0 Å². The number of aromatic nitrogens is 3. The van der Waals surface area contributed by atoms with Gasteiger partial charge in [0.15, 0.2) is 5.13 Å². The van der Waals surface area contributed by atoms with Crippen molar-refractivity contribution in [1.29, 1.82) is 0 Å². The zero-order valence-corrected chi connectivity index (χ0v) is 16.0. The number of aryl methyl sites for hydroxylation is 4. The van der Waals surface area contributed by atoms with Gasteiger partial charge in [0.05, 0.1) is 10.2 Å². The lowest BCUT2D eigenvalue weighted by Crippen LogP contribution is -2.23. The van der Waals surface area contributed by atoms with Crippen LogP contribution in [-0.4, -0.2) is 20.4 Å². The summed E-state index contributed by atoms with van der Waals surface area (Å²) in [5, 5.41) is 3.83. The van der Waals surface area contributed by atoms with Crippen LogP contribution in [0.5, 0.6) is 0 Å². The molecule has 0 atom stereocenters. The summed E-state index contributed by atoms with van der Waals surface area (Å²) < 4.78 is 7.93. The Labute approximate surface area is 158 Å². The number of furan rings is 1. The molecule has 0 aliphatic rings. The molecule has 3 heterocycles. The van der Waals surface area contributed by atoms with E-state index >= 15 is 0 Å². The van der Waals surface area contributed by atoms with Crippen LogP contribution in [0.15, 0.2) is 33.7 Å². The van der Waals surface area contributed by atoms with Crippen molar-refractivity contribution >= 4 is 43.7 Å². The Hall–Kier alpha value is -3.00. The SMILES string of the molecule is Cc1ccc2nc(NC(=O)CCn3cnc4oc(C)c(C)c4c3=O)sc2c1. The molecule has 3 aromatic heterocycles. The third-order valence-electron chi connectivity index (χ3n) is 4.53. The van der Waals surface area contributed by atoms with E-state index in [0.717, 1.165) is 21.3 Å². The highest BCUT2D eigenvalue weighted by Gasteiger charge is 2.14. The van der Waals surface area contributed by atoms with Crippen LogP contribution in [0, 0.1) is 20.8 Å². The predicted molar refractivity (Wildman–Crippen MR) is 105 cm³/mol. The molecule has 0 saturated heterocycles. The van der Waals surface area contributed by atoms with Crippen molar-refractivity contribution in [2.45, 2.75) is 33.7 Å². The number of thiazole rings is 1. The van der Waals surface area contributed by atoms with Gasteiger partial charge in [-0.1, -0.05) is 17.4 Å². The fourth-order valence-corrected chi connectivity index (χ4v) is 3.90. The van der Waals surface area contributed by atoms with Gasteiger partial charge in [-0.2, -0.15) is 0 Å². The highest BCUT2D eigenvalue weighted by Crippen LogP contribution is 2.26. The topological polar surface area (TPSA) is 90.0 Å². The molecule has 4 aromatic rings.